The Morgan fingerprint density at radius 2 is 1.53 bits per heavy atom. The zero-order valence-electron chi connectivity index (χ0n) is 31.6. The highest BCUT2D eigenvalue weighted by molar-refractivity contribution is 5.76. The third-order valence-corrected chi connectivity index (χ3v) is 14.9. The summed E-state index contributed by atoms with van der Waals surface area (Å²) in [5.41, 5.74) is -1.57. The van der Waals surface area contributed by atoms with Crippen LogP contribution >= 0.6 is 0 Å². The zero-order valence-corrected chi connectivity index (χ0v) is 31.6. The van der Waals surface area contributed by atoms with Crippen molar-refractivity contribution in [3.63, 3.8) is 0 Å². The maximum absolute atomic E-state index is 13.1. The molecule has 8 nitrogen and oxygen atoms in total. The summed E-state index contributed by atoms with van der Waals surface area (Å²) in [6.07, 6.45) is 9.08. The number of hydrogen-bond donors (Lipinski definition) is 4. The van der Waals surface area contributed by atoms with Crippen LogP contribution in [-0.2, 0) is 14.3 Å². The van der Waals surface area contributed by atoms with E-state index in [0.717, 1.165) is 57.8 Å². The molecule has 5 rings (SSSR count). The number of aliphatic hydroxyl groups excluding tert-OH is 1. The highest BCUT2D eigenvalue weighted by Gasteiger charge is 2.72. The van der Waals surface area contributed by atoms with E-state index in [1.165, 1.54) is 0 Å². The molecule has 4 saturated carbocycles. The van der Waals surface area contributed by atoms with E-state index >= 15 is 0 Å². The molecule has 4 aliphatic carbocycles. The molecule has 0 spiro atoms. The summed E-state index contributed by atoms with van der Waals surface area (Å²) in [6, 6.07) is 0.104. The minimum Gasteiger partial charge on any atom is -0.444 e. The van der Waals surface area contributed by atoms with Crippen molar-refractivity contribution in [1.82, 2.24) is 10.6 Å². The Morgan fingerprint density at radius 3 is 2.15 bits per heavy atom. The van der Waals surface area contributed by atoms with Gasteiger partial charge in [-0.15, -0.1) is 0 Å². The number of nitrogens with one attached hydrogen (secondary N) is 2. The standard InChI is InChI=1S/C39H68N2O6/c1-33(2,3)47-32(44)40-22-12-13-30(43)41-28-16-18-36(8)26(34(28,4)5)15-20-37(9)27(36)23-25(42)31-24(14-19-38(31,37)10)39(11)21-17-29(46-39)35(6,7)45/h24-29,31,42,45H,12-23H2,1-11H3,(H,40,44)(H,41,43)/t24-,25+,26-,27+,28-,29+,31-,36-,37+,38+,39-/m0/s1. The molecule has 4 N–H and O–H groups in total. The first-order chi connectivity index (χ1) is 21.5. The van der Waals surface area contributed by atoms with Crippen LogP contribution in [-0.4, -0.2) is 63.8 Å². The van der Waals surface area contributed by atoms with Crippen molar-refractivity contribution in [1.29, 1.82) is 0 Å². The van der Waals surface area contributed by atoms with Crippen LogP contribution in [0.5, 0.6) is 0 Å². The van der Waals surface area contributed by atoms with Gasteiger partial charge in [0, 0.05) is 19.0 Å². The predicted molar refractivity (Wildman–Crippen MR) is 185 cm³/mol. The first kappa shape index (κ1) is 36.9. The van der Waals surface area contributed by atoms with Crippen molar-refractivity contribution in [3.05, 3.63) is 0 Å². The smallest absolute Gasteiger partial charge is 0.407 e. The number of carbonyl (C=O) groups is 2. The van der Waals surface area contributed by atoms with E-state index in [4.69, 9.17) is 9.47 Å². The molecule has 0 bridgehead atoms. The molecular weight excluding hydrogens is 592 g/mol. The van der Waals surface area contributed by atoms with Crippen molar-refractivity contribution in [3.8, 4) is 0 Å². The van der Waals surface area contributed by atoms with Gasteiger partial charge in [0.15, 0.2) is 0 Å². The molecule has 0 aromatic heterocycles. The largest absolute Gasteiger partial charge is 0.444 e. The number of aliphatic hydroxyl groups is 2. The molecule has 2 amide bonds. The van der Waals surface area contributed by atoms with Gasteiger partial charge in [-0.2, -0.15) is 0 Å². The third kappa shape index (κ3) is 6.39. The predicted octanol–water partition coefficient (Wildman–Crippen LogP) is 7.14. The van der Waals surface area contributed by atoms with Gasteiger partial charge in [-0.1, -0.05) is 34.6 Å². The van der Waals surface area contributed by atoms with Gasteiger partial charge in [0.2, 0.25) is 5.91 Å². The molecule has 8 heteroatoms. The number of rotatable bonds is 7. The molecule has 270 valence electrons. The van der Waals surface area contributed by atoms with Gasteiger partial charge in [-0.3, -0.25) is 4.79 Å². The van der Waals surface area contributed by atoms with Crippen LogP contribution in [0.2, 0.25) is 0 Å². The lowest BCUT2D eigenvalue weighted by molar-refractivity contribution is -0.240. The van der Waals surface area contributed by atoms with E-state index in [1.54, 1.807) is 0 Å². The molecule has 47 heavy (non-hydrogen) atoms. The number of hydrogen-bond acceptors (Lipinski definition) is 6. The summed E-state index contributed by atoms with van der Waals surface area (Å²) in [5, 5.41) is 29.1. The van der Waals surface area contributed by atoms with Gasteiger partial charge in [0.25, 0.3) is 0 Å². The summed E-state index contributed by atoms with van der Waals surface area (Å²) >= 11 is 0. The number of ether oxygens (including phenoxy) is 2. The first-order valence-corrected chi connectivity index (χ1v) is 18.8. The lowest BCUT2D eigenvalue weighted by Gasteiger charge is -2.71. The highest BCUT2D eigenvalue weighted by atomic mass is 16.6. The second-order valence-corrected chi connectivity index (χ2v) is 19.6. The molecule has 0 aromatic carbocycles. The van der Waals surface area contributed by atoms with Crippen LogP contribution in [0, 0.1) is 45.3 Å². The second-order valence-electron chi connectivity index (χ2n) is 19.6. The fourth-order valence-electron chi connectivity index (χ4n) is 12.4. The number of amides is 2. The van der Waals surface area contributed by atoms with Crippen molar-refractivity contribution in [2.24, 2.45) is 45.3 Å². The molecule has 1 saturated heterocycles. The van der Waals surface area contributed by atoms with Gasteiger partial charge in [0.1, 0.15) is 5.60 Å². The quantitative estimate of drug-likeness (QED) is 0.216. The summed E-state index contributed by atoms with van der Waals surface area (Å²) in [5.74, 6) is 1.41. The molecule has 0 radical (unpaired) electrons. The highest BCUT2D eigenvalue weighted by Crippen LogP contribution is 2.76. The van der Waals surface area contributed by atoms with Crippen LogP contribution < -0.4 is 10.6 Å². The molecular formula is C39H68N2O6. The van der Waals surface area contributed by atoms with Crippen LogP contribution in [0.15, 0.2) is 0 Å². The molecule has 1 aliphatic heterocycles. The van der Waals surface area contributed by atoms with E-state index in [2.05, 4.69) is 52.2 Å². The average Bonchev–Trinajstić information content (AvgIpc) is 3.52. The molecule has 5 fully saturated rings. The molecule has 0 unspecified atom stereocenters. The fraction of sp³-hybridized carbons (Fsp3) is 0.949. The summed E-state index contributed by atoms with van der Waals surface area (Å²) in [6.45, 7) is 24.2. The Morgan fingerprint density at radius 1 is 0.872 bits per heavy atom. The van der Waals surface area contributed by atoms with Gasteiger partial charge >= 0.3 is 6.09 Å². The SMILES string of the molecule is CC(C)(C)OC(=O)NCCCC(=O)N[C@H]1CC[C@]2(C)[C@H]3C[C@@H](O)[C@@H]4[C@@H]([C@]5(C)CC[C@H](C(C)(C)O)O5)CC[C@@]4(C)[C@]3(C)CC[C@H]2C1(C)C. The maximum atomic E-state index is 13.1. The van der Waals surface area contributed by atoms with Gasteiger partial charge in [0.05, 0.1) is 23.4 Å². The monoisotopic (exact) mass is 661 g/mol. The Balaban J connectivity index is 1.26. The van der Waals surface area contributed by atoms with Gasteiger partial charge in [-0.05, 0) is 151 Å². The molecule has 0 aromatic rings. The van der Waals surface area contributed by atoms with E-state index in [9.17, 15) is 19.8 Å². The van der Waals surface area contributed by atoms with E-state index in [0.29, 0.717) is 37.1 Å². The summed E-state index contributed by atoms with van der Waals surface area (Å²) in [4.78, 5) is 25.1. The fourth-order valence-corrected chi connectivity index (χ4v) is 12.4. The Kier molecular flexibility index (Phi) is 9.53. The van der Waals surface area contributed by atoms with Crippen LogP contribution in [0.25, 0.3) is 0 Å². The minimum atomic E-state index is -0.862. The Bertz CT molecular complexity index is 1190. The lowest BCUT2D eigenvalue weighted by Crippen LogP contribution is -2.67. The molecule has 5 aliphatic rings. The van der Waals surface area contributed by atoms with Crippen LogP contribution in [0.3, 0.4) is 0 Å². The zero-order chi connectivity index (χ0) is 35.0. The Hall–Kier alpha value is -1.38. The molecule has 1 heterocycles. The van der Waals surface area contributed by atoms with Crippen molar-refractivity contribution < 1.29 is 29.3 Å². The normalized spacial score (nSPS) is 44.6. The van der Waals surface area contributed by atoms with E-state index in [1.807, 2.05) is 34.6 Å². The van der Waals surface area contributed by atoms with Crippen LogP contribution in [0.1, 0.15) is 147 Å². The number of fused-ring (bicyclic) bond motifs is 5. The van der Waals surface area contributed by atoms with Crippen LogP contribution in [0.4, 0.5) is 4.79 Å². The minimum absolute atomic E-state index is 0.0235. The third-order valence-electron chi connectivity index (χ3n) is 14.9. The second kappa shape index (κ2) is 12.1. The topological polar surface area (TPSA) is 117 Å². The lowest BCUT2D eigenvalue weighted by atomic mass is 9.35. The van der Waals surface area contributed by atoms with E-state index in [-0.39, 0.29) is 57.3 Å². The summed E-state index contributed by atoms with van der Waals surface area (Å²) < 4.78 is 12.0. The molecule has 11 atom stereocenters. The van der Waals surface area contributed by atoms with Gasteiger partial charge in [-0.25, -0.2) is 4.79 Å². The van der Waals surface area contributed by atoms with E-state index < -0.39 is 17.3 Å². The van der Waals surface area contributed by atoms with Crippen molar-refractivity contribution in [2.75, 3.05) is 6.54 Å². The van der Waals surface area contributed by atoms with Crippen molar-refractivity contribution >= 4 is 12.0 Å². The number of carbonyl (C=O) groups excluding carboxylic acids is 2. The Labute approximate surface area is 285 Å². The number of alkyl carbamates (subject to hydrolysis) is 1. The average molecular weight is 661 g/mol. The maximum Gasteiger partial charge on any atom is 0.407 e. The summed E-state index contributed by atoms with van der Waals surface area (Å²) in [7, 11) is 0. The van der Waals surface area contributed by atoms with Crippen molar-refractivity contribution in [2.45, 2.75) is 182 Å². The van der Waals surface area contributed by atoms with Gasteiger partial charge < -0.3 is 30.3 Å². The first-order valence-electron chi connectivity index (χ1n) is 18.8.